The summed E-state index contributed by atoms with van der Waals surface area (Å²) in [5.41, 5.74) is 2.09. The van der Waals surface area contributed by atoms with Crippen molar-refractivity contribution >= 4 is 34.6 Å². The van der Waals surface area contributed by atoms with Gasteiger partial charge in [0.15, 0.2) is 0 Å². The summed E-state index contributed by atoms with van der Waals surface area (Å²) in [7, 11) is 0. The molecule has 2 aromatic heterocycles. The van der Waals surface area contributed by atoms with Gasteiger partial charge in [0.1, 0.15) is 0 Å². The number of nitrogens with zero attached hydrogens (tertiary/aromatic N) is 2. The highest BCUT2D eigenvalue weighted by Crippen LogP contribution is 2.41. The molecule has 0 bridgehead atoms. The van der Waals surface area contributed by atoms with Crippen LogP contribution in [-0.2, 0) is 22.7 Å². The van der Waals surface area contributed by atoms with E-state index in [2.05, 4.69) is 45.7 Å². The summed E-state index contributed by atoms with van der Waals surface area (Å²) in [6, 6.07) is 6.80. The summed E-state index contributed by atoms with van der Waals surface area (Å²) < 4.78 is 63.5. The summed E-state index contributed by atoms with van der Waals surface area (Å²) in [5, 5.41) is 18.7. The van der Waals surface area contributed by atoms with Crippen molar-refractivity contribution < 1.29 is 46.1 Å². The van der Waals surface area contributed by atoms with Gasteiger partial charge in [-0.2, -0.15) is 37.7 Å². The zero-order chi connectivity index (χ0) is 26.4. The maximum absolute atomic E-state index is 10.6. The number of hydrogen-bond acceptors (Lipinski definition) is 6. The fourth-order valence-electron chi connectivity index (χ4n) is 3.87. The topological polar surface area (TPSA) is 81.1 Å². The van der Waals surface area contributed by atoms with Crippen LogP contribution in [0.25, 0.3) is 0 Å². The lowest BCUT2D eigenvalue weighted by atomic mass is 9.79. The molecule has 0 unspecified atom stereocenters. The smallest absolute Gasteiger partial charge is 0.475 e. The summed E-state index contributed by atoms with van der Waals surface area (Å²) in [5.74, 6) is -5.51. The van der Waals surface area contributed by atoms with Crippen LogP contribution in [0.1, 0.15) is 21.7 Å². The Morgan fingerprint density at radius 2 is 1.49 bits per heavy atom. The molecule has 0 atom stereocenters. The Hall–Kier alpha value is -2.16. The molecule has 0 aliphatic carbocycles. The van der Waals surface area contributed by atoms with Crippen molar-refractivity contribution in [2.75, 3.05) is 26.2 Å². The van der Waals surface area contributed by atoms with E-state index in [1.807, 2.05) is 22.7 Å². The third kappa shape index (κ3) is 9.43. The van der Waals surface area contributed by atoms with Crippen LogP contribution in [0, 0.1) is 12.3 Å². The molecular weight excluding hydrogens is 522 g/mol. The fraction of sp³-hybridized carbons (Fsp3) is 0.524. The molecule has 1 spiro atoms. The lowest BCUT2D eigenvalue weighted by Gasteiger charge is -2.48. The summed E-state index contributed by atoms with van der Waals surface area (Å²) in [4.78, 5) is 26.0. The Morgan fingerprint density at radius 1 is 0.943 bits per heavy atom. The highest BCUT2D eigenvalue weighted by molar-refractivity contribution is 7.11. The number of alkyl halides is 6. The number of hydrogen-bond donors (Lipinski definition) is 2. The number of halogens is 6. The highest BCUT2D eigenvalue weighted by atomic mass is 32.1. The number of aryl methyl sites for hydroxylation is 1. The Morgan fingerprint density at radius 3 is 1.91 bits per heavy atom. The number of likely N-dealkylation sites (tertiary alicyclic amines) is 2. The quantitative estimate of drug-likeness (QED) is 0.520. The summed E-state index contributed by atoms with van der Waals surface area (Å²) in [6.45, 7) is 9.67. The van der Waals surface area contributed by atoms with Crippen LogP contribution in [0.2, 0.25) is 0 Å². The van der Waals surface area contributed by atoms with Crippen LogP contribution in [0.15, 0.2) is 29.0 Å². The molecule has 2 fully saturated rings. The zero-order valence-corrected chi connectivity index (χ0v) is 20.2. The second-order valence-electron chi connectivity index (χ2n) is 8.36. The van der Waals surface area contributed by atoms with E-state index >= 15 is 0 Å². The van der Waals surface area contributed by atoms with E-state index in [1.165, 1.54) is 47.9 Å². The number of thiophene rings is 2. The van der Waals surface area contributed by atoms with E-state index in [4.69, 9.17) is 19.8 Å². The Balaban J connectivity index is 0.000000257. The molecule has 2 saturated heterocycles. The normalized spacial score (nSPS) is 17.7. The largest absolute Gasteiger partial charge is 0.490 e. The third-order valence-electron chi connectivity index (χ3n) is 5.28. The third-order valence-corrected chi connectivity index (χ3v) is 7.00. The van der Waals surface area contributed by atoms with Gasteiger partial charge in [-0.1, -0.05) is 0 Å². The van der Waals surface area contributed by atoms with Crippen LogP contribution in [0.3, 0.4) is 0 Å². The predicted molar refractivity (Wildman–Crippen MR) is 118 cm³/mol. The summed E-state index contributed by atoms with van der Waals surface area (Å²) >= 11 is 3.76. The number of carbonyl (C=O) groups is 2. The van der Waals surface area contributed by atoms with Gasteiger partial charge >= 0.3 is 24.3 Å². The molecule has 14 heteroatoms. The van der Waals surface area contributed by atoms with Crippen LogP contribution < -0.4 is 0 Å². The van der Waals surface area contributed by atoms with Gasteiger partial charge in [-0.3, -0.25) is 9.80 Å². The Labute approximate surface area is 205 Å². The predicted octanol–water partition coefficient (Wildman–Crippen LogP) is 5.09. The second kappa shape index (κ2) is 11.7. The van der Waals surface area contributed by atoms with Gasteiger partial charge in [0.2, 0.25) is 0 Å². The summed E-state index contributed by atoms with van der Waals surface area (Å²) in [6.07, 6.45) is -8.78. The van der Waals surface area contributed by atoms with Gasteiger partial charge < -0.3 is 10.2 Å². The molecule has 0 aromatic carbocycles. The van der Waals surface area contributed by atoms with Crippen molar-refractivity contribution in [2.24, 2.45) is 5.41 Å². The van der Waals surface area contributed by atoms with Crippen molar-refractivity contribution in [1.82, 2.24) is 9.80 Å². The first-order chi connectivity index (χ1) is 16.1. The molecule has 0 saturated carbocycles. The second-order valence-corrected chi connectivity index (χ2v) is 10.5. The van der Waals surface area contributed by atoms with Crippen LogP contribution >= 0.6 is 22.7 Å². The molecule has 4 rings (SSSR count). The fourth-order valence-corrected chi connectivity index (χ4v) is 5.46. The minimum absolute atomic E-state index is 0.600. The van der Waals surface area contributed by atoms with E-state index in [1.54, 1.807) is 0 Å². The van der Waals surface area contributed by atoms with Gasteiger partial charge in [0.05, 0.1) is 0 Å². The van der Waals surface area contributed by atoms with Crippen molar-refractivity contribution in [3.8, 4) is 0 Å². The van der Waals surface area contributed by atoms with Crippen molar-refractivity contribution in [2.45, 2.75) is 38.8 Å². The molecule has 0 radical (unpaired) electrons. The van der Waals surface area contributed by atoms with Gasteiger partial charge in [0, 0.05) is 47.9 Å². The van der Waals surface area contributed by atoms with Crippen molar-refractivity contribution in [3.63, 3.8) is 0 Å². The van der Waals surface area contributed by atoms with Gasteiger partial charge in [0.25, 0.3) is 0 Å². The van der Waals surface area contributed by atoms with Gasteiger partial charge in [-0.15, -0.1) is 11.3 Å². The standard InChI is InChI=1S/C17H22N2S2.2C2HF3O2/c1-14-2-3-16(21-14)9-19-12-17(13-19)5-6-18(11-17)8-15-4-7-20-10-15;2*3-2(4,5)1(6)7/h2-4,7,10H,5-6,8-9,11-13H2,1H3;2*(H,6,7). The number of rotatable bonds is 4. The van der Waals surface area contributed by atoms with Crippen LogP contribution in [0.4, 0.5) is 26.3 Å². The monoisotopic (exact) mass is 546 g/mol. The lowest BCUT2D eigenvalue weighted by molar-refractivity contribution is -0.193. The van der Waals surface area contributed by atoms with Crippen molar-refractivity contribution in [1.29, 1.82) is 0 Å². The molecule has 35 heavy (non-hydrogen) atoms. The first-order valence-corrected chi connectivity index (χ1v) is 12.0. The molecule has 196 valence electrons. The molecule has 4 heterocycles. The van der Waals surface area contributed by atoms with E-state index < -0.39 is 24.3 Å². The molecule has 0 amide bonds. The molecule has 2 aromatic rings. The molecule has 2 N–H and O–H groups in total. The Bertz CT molecular complexity index is 945. The number of aliphatic carboxylic acids is 2. The lowest BCUT2D eigenvalue weighted by Crippen LogP contribution is -2.56. The van der Waals surface area contributed by atoms with Crippen LogP contribution in [-0.4, -0.2) is 70.5 Å². The van der Waals surface area contributed by atoms with Gasteiger partial charge in [-0.25, -0.2) is 9.59 Å². The Kier molecular flexibility index (Phi) is 9.73. The van der Waals surface area contributed by atoms with Crippen molar-refractivity contribution in [3.05, 3.63) is 44.3 Å². The van der Waals surface area contributed by atoms with E-state index in [0.717, 1.165) is 13.1 Å². The van der Waals surface area contributed by atoms with E-state index in [-0.39, 0.29) is 0 Å². The molecular formula is C21H24F6N2O4S2. The highest BCUT2D eigenvalue weighted by Gasteiger charge is 2.47. The average molecular weight is 547 g/mol. The van der Waals surface area contributed by atoms with Gasteiger partial charge in [-0.05, 0) is 54.4 Å². The van der Waals surface area contributed by atoms with E-state index in [9.17, 15) is 26.3 Å². The first kappa shape index (κ1) is 29.1. The molecule has 2 aliphatic heterocycles. The maximum Gasteiger partial charge on any atom is 0.490 e. The first-order valence-electron chi connectivity index (χ1n) is 10.2. The minimum atomic E-state index is -5.08. The molecule has 6 nitrogen and oxygen atoms in total. The zero-order valence-electron chi connectivity index (χ0n) is 18.5. The average Bonchev–Trinajstić information content (AvgIpc) is 3.44. The minimum Gasteiger partial charge on any atom is -0.475 e. The van der Waals surface area contributed by atoms with E-state index in [0.29, 0.717) is 5.41 Å². The number of carboxylic acids is 2. The molecule has 2 aliphatic rings. The number of carboxylic acid groups (broad SMARTS) is 2. The SMILES string of the molecule is Cc1ccc(CN2CC3(CCN(Cc4ccsc4)C3)C2)s1.O=C(O)C(F)(F)F.O=C(O)C(F)(F)F. The van der Waals surface area contributed by atoms with Crippen LogP contribution in [0.5, 0.6) is 0 Å². The maximum atomic E-state index is 10.6.